The Morgan fingerprint density at radius 3 is 2.16 bits per heavy atom. The molecule has 0 aliphatic carbocycles. The van der Waals surface area contributed by atoms with Gasteiger partial charge in [0.2, 0.25) is 0 Å². The van der Waals surface area contributed by atoms with Gasteiger partial charge in [0.15, 0.2) is 11.6 Å². The maximum Gasteiger partial charge on any atom is 0.265 e. The zero-order valence-electron chi connectivity index (χ0n) is 16.9. The van der Waals surface area contributed by atoms with E-state index in [1.807, 2.05) is 24.3 Å². The molecule has 31 heavy (non-hydrogen) atoms. The Hall–Kier alpha value is -3.36. The van der Waals surface area contributed by atoms with E-state index in [1.165, 1.54) is 0 Å². The molecular weight excluding hydrogens is 434 g/mol. The van der Waals surface area contributed by atoms with E-state index in [4.69, 9.17) is 11.6 Å². The third kappa shape index (κ3) is 4.55. The highest BCUT2D eigenvalue weighted by Crippen LogP contribution is 2.30. The fourth-order valence-corrected chi connectivity index (χ4v) is 4.58. The molecule has 2 N–H and O–H groups in total. The maximum atomic E-state index is 13.3. The number of sulfonamides is 1. The number of fused-ring (bicyclic) bond motifs is 1. The van der Waals surface area contributed by atoms with Crippen molar-refractivity contribution in [3.8, 4) is 0 Å². The van der Waals surface area contributed by atoms with Gasteiger partial charge in [-0.05, 0) is 42.5 Å². The molecule has 0 saturated carbocycles. The highest BCUT2D eigenvalue weighted by atomic mass is 35.5. The molecule has 0 amide bonds. The minimum absolute atomic E-state index is 0.0900. The van der Waals surface area contributed by atoms with Crippen molar-refractivity contribution in [3.05, 3.63) is 77.8 Å². The minimum Gasteiger partial charge on any atom is -0.377 e. The predicted octanol–water partition coefficient (Wildman–Crippen LogP) is 4.89. The zero-order chi connectivity index (χ0) is 22.0. The summed E-state index contributed by atoms with van der Waals surface area (Å²) in [6.07, 6.45) is 0. The van der Waals surface area contributed by atoms with E-state index >= 15 is 0 Å². The van der Waals surface area contributed by atoms with Crippen molar-refractivity contribution < 1.29 is 8.42 Å². The minimum atomic E-state index is -3.94. The number of anilines is 4. The highest BCUT2D eigenvalue weighted by molar-refractivity contribution is 7.92. The largest absolute Gasteiger partial charge is 0.377 e. The number of nitrogens with zero attached hydrogens (tertiary/aromatic N) is 3. The van der Waals surface area contributed by atoms with Crippen LogP contribution in [-0.4, -0.2) is 32.5 Å². The van der Waals surface area contributed by atoms with Gasteiger partial charge in [-0.25, -0.2) is 18.4 Å². The van der Waals surface area contributed by atoms with Crippen LogP contribution in [0.15, 0.2) is 77.7 Å². The summed E-state index contributed by atoms with van der Waals surface area (Å²) in [7, 11) is -0.365. The smallest absolute Gasteiger partial charge is 0.265 e. The highest BCUT2D eigenvalue weighted by Gasteiger charge is 2.22. The van der Waals surface area contributed by atoms with Crippen LogP contribution in [0.3, 0.4) is 0 Å². The number of aromatic nitrogens is 2. The van der Waals surface area contributed by atoms with Crippen LogP contribution in [0.5, 0.6) is 0 Å². The lowest BCUT2D eigenvalue weighted by molar-refractivity contribution is 0.601. The van der Waals surface area contributed by atoms with Gasteiger partial charge in [-0.15, -0.1) is 0 Å². The molecule has 1 heterocycles. The summed E-state index contributed by atoms with van der Waals surface area (Å²) >= 11 is 6.09. The monoisotopic (exact) mass is 453 g/mol. The van der Waals surface area contributed by atoms with E-state index in [0.29, 0.717) is 27.4 Å². The number of benzene rings is 3. The van der Waals surface area contributed by atoms with Gasteiger partial charge in [-0.2, -0.15) is 0 Å². The molecule has 0 aliphatic rings. The van der Waals surface area contributed by atoms with Gasteiger partial charge in [-0.1, -0.05) is 41.9 Å². The SMILES string of the molecule is CN(C)c1ccccc1S(=O)(=O)Nc1nc2ccccc2nc1Nc1cccc(Cl)c1. The summed E-state index contributed by atoms with van der Waals surface area (Å²) in [5, 5.41) is 3.66. The Labute approximate surface area is 185 Å². The van der Waals surface area contributed by atoms with E-state index in [9.17, 15) is 8.42 Å². The normalized spacial score (nSPS) is 11.3. The number of halogens is 1. The summed E-state index contributed by atoms with van der Waals surface area (Å²) in [6.45, 7) is 0. The fraction of sp³-hybridized carbons (Fsp3) is 0.0909. The Morgan fingerprint density at radius 1 is 0.839 bits per heavy atom. The van der Waals surface area contributed by atoms with Crippen LogP contribution in [0.4, 0.5) is 23.0 Å². The lowest BCUT2D eigenvalue weighted by Gasteiger charge is -2.19. The topological polar surface area (TPSA) is 87.2 Å². The summed E-state index contributed by atoms with van der Waals surface area (Å²) in [6, 6.07) is 21.1. The summed E-state index contributed by atoms with van der Waals surface area (Å²) in [4.78, 5) is 11.0. The van der Waals surface area contributed by atoms with Gasteiger partial charge >= 0.3 is 0 Å². The van der Waals surface area contributed by atoms with Crippen molar-refractivity contribution in [2.24, 2.45) is 0 Å². The van der Waals surface area contributed by atoms with Crippen LogP contribution >= 0.6 is 11.6 Å². The van der Waals surface area contributed by atoms with Gasteiger partial charge in [0.1, 0.15) is 4.90 Å². The average molecular weight is 454 g/mol. The van der Waals surface area contributed by atoms with E-state index in [-0.39, 0.29) is 16.5 Å². The van der Waals surface area contributed by atoms with Gasteiger partial charge in [0.05, 0.1) is 16.7 Å². The molecule has 0 aliphatic heterocycles. The van der Waals surface area contributed by atoms with Gasteiger partial charge in [0.25, 0.3) is 10.0 Å². The Morgan fingerprint density at radius 2 is 1.48 bits per heavy atom. The lowest BCUT2D eigenvalue weighted by Crippen LogP contribution is -2.20. The molecular formula is C22H20ClN5O2S. The number of nitrogens with one attached hydrogen (secondary N) is 2. The Balaban J connectivity index is 1.81. The molecule has 0 fully saturated rings. The van der Waals surface area contributed by atoms with Crippen molar-refractivity contribution in [2.45, 2.75) is 4.90 Å². The first-order chi connectivity index (χ1) is 14.8. The number of para-hydroxylation sites is 3. The molecule has 0 atom stereocenters. The second-order valence-electron chi connectivity index (χ2n) is 7.01. The van der Waals surface area contributed by atoms with E-state index < -0.39 is 10.0 Å². The van der Waals surface area contributed by atoms with Crippen molar-refractivity contribution in [3.63, 3.8) is 0 Å². The molecule has 1 aromatic heterocycles. The zero-order valence-corrected chi connectivity index (χ0v) is 18.4. The molecule has 0 unspecified atom stereocenters. The Bertz CT molecular complexity index is 1360. The van der Waals surface area contributed by atoms with E-state index in [2.05, 4.69) is 20.0 Å². The summed E-state index contributed by atoms with van der Waals surface area (Å²) in [5.74, 6) is 0.360. The van der Waals surface area contributed by atoms with Crippen molar-refractivity contribution in [1.82, 2.24) is 9.97 Å². The summed E-state index contributed by atoms with van der Waals surface area (Å²) < 4.78 is 29.1. The standard InChI is InChI=1S/C22H20ClN5O2S/c1-28(2)19-12-5-6-13-20(19)31(29,30)27-22-21(24-16-9-7-8-15(23)14-16)25-17-10-3-4-11-18(17)26-22/h3-14H,1-2H3,(H,24,25)(H,26,27). The lowest BCUT2D eigenvalue weighted by atomic mass is 10.3. The molecule has 4 rings (SSSR count). The molecule has 0 bridgehead atoms. The second-order valence-corrected chi connectivity index (χ2v) is 9.10. The number of hydrogen-bond donors (Lipinski definition) is 2. The van der Waals surface area contributed by atoms with Crippen LogP contribution in [0.2, 0.25) is 5.02 Å². The average Bonchev–Trinajstić information content (AvgIpc) is 2.74. The molecule has 0 spiro atoms. The first-order valence-electron chi connectivity index (χ1n) is 9.42. The van der Waals surface area contributed by atoms with E-state index in [1.54, 1.807) is 67.5 Å². The van der Waals surface area contributed by atoms with Crippen LogP contribution in [0.25, 0.3) is 11.0 Å². The van der Waals surface area contributed by atoms with Crippen molar-refractivity contribution in [2.75, 3.05) is 29.0 Å². The fourth-order valence-electron chi connectivity index (χ4n) is 3.10. The van der Waals surface area contributed by atoms with Crippen LogP contribution in [0.1, 0.15) is 0 Å². The van der Waals surface area contributed by atoms with Crippen LogP contribution in [0, 0.1) is 0 Å². The molecule has 7 nitrogen and oxygen atoms in total. The van der Waals surface area contributed by atoms with Gasteiger partial charge < -0.3 is 10.2 Å². The number of hydrogen-bond acceptors (Lipinski definition) is 6. The molecule has 158 valence electrons. The maximum absolute atomic E-state index is 13.3. The predicted molar refractivity (Wildman–Crippen MR) is 126 cm³/mol. The number of rotatable bonds is 6. The van der Waals surface area contributed by atoms with Gasteiger partial charge in [0, 0.05) is 24.8 Å². The molecule has 9 heteroatoms. The quantitative estimate of drug-likeness (QED) is 0.432. The van der Waals surface area contributed by atoms with Crippen LogP contribution in [-0.2, 0) is 10.0 Å². The first-order valence-corrected chi connectivity index (χ1v) is 11.3. The molecule has 3 aromatic carbocycles. The summed E-state index contributed by atoms with van der Waals surface area (Å²) in [5.41, 5.74) is 2.42. The van der Waals surface area contributed by atoms with E-state index in [0.717, 1.165) is 0 Å². The van der Waals surface area contributed by atoms with Gasteiger partial charge in [-0.3, -0.25) is 4.72 Å². The Kier molecular flexibility index (Phi) is 5.67. The molecule has 0 radical (unpaired) electrons. The van der Waals surface area contributed by atoms with Crippen molar-refractivity contribution in [1.29, 1.82) is 0 Å². The third-order valence-electron chi connectivity index (χ3n) is 4.53. The third-order valence-corrected chi connectivity index (χ3v) is 6.15. The first kappa shape index (κ1) is 20.9. The molecule has 4 aromatic rings. The van der Waals surface area contributed by atoms with Crippen molar-refractivity contribution >= 4 is 55.7 Å². The molecule has 0 saturated heterocycles. The second kappa shape index (κ2) is 8.41. The van der Waals surface area contributed by atoms with Crippen LogP contribution < -0.4 is 14.9 Å².